The van der Waals surface area contributed by atoms with Crippen molar-refractivity contribution >= 4 is 17.6 Å². The third-order valence-corrected chi connectivity index (χ3v) is 9.19. The van der Waals surface area contributed by atoms with Crippen LogP contribution in [0.25, 0.3) is 0 Å². The van der Waals surface area contributed by atoms with Gasteiger partial charge in [-0.05, 0) is 91.6 Å². The van der Waals surface area contributed by atoms with Crippen LogP contribution >= 0.6 is 0 Å². The molecule has 246 valence electrons. The van der Waals surface area contributed by atoms with Gasteiger partial charge in [0.15, 0.2) is 0 Å². The summed E-state index contributed by atoms with van der Waals surface area (Å²) < 4.78 is 24.2. The van der Waals surface area contributed by atoms with Gasteiger partial charge in [-0.3, -0.25) is 14.9 Å². The lowest BCUT2D eigenvalue weighted by molar-refractivity contribution is -0.384. The minimum absolute atomic E-state index is 0.0440. The van der Waals surface area contributed by atoms with Crippen molar-refractivity contribution in [1.82, 2.24) is 0 Å². The highest BCUT2D eigenvalue weighted by Gasteiger charge is 2.55. The van der Waals surface area contributed by atoms with E-state index in [0.29, 0.717) is 39.7 Å². The number of benzene rings is 5. The average Bonchev–Trinajstić information content (AvgIpc) is 3.11. The highest BCUT2D eigenvalue weighted by Crippen LogP contribution is 2.63. The summed E-state index contributed by atoms with van der Waals surface area (Å²) in [5.41, 5.74) is 3.73. The second kappa shape index (κ2) is 11.9. The Hall–Kier alpha value is -5.96. The van der Waals surface area contributed by atoms with Crippen molar-refractivity contribution in [2.24, 2.45) is 5.41 Å². The molecule has 5 aromatic carbocycles. The van der Waals surface area contributed by atoms with Crippen LogP contribution in [-0.4, -0.2) is 30.6 Å². The molecule has 0 saturated heterocycles. The highest BCUT2D eigenvalue weighted by molar-refractivity contribution is 5.92. The quantitative estimate of drug-likeness (QED) is 0.0715. The number of non-ortho nitro benzene ring substituents is 1. The first-order chi connectivity index (χ1) is 23.5. The molecule has 0 atom stereocenters. The SMILES string of the molecule is COc1ccc(C(=O)Oc2ccc(OC(=O)C(C)(C)C)c3c2C2(COc4ccc([N+](=O)[O-])cc4)c4ccccc4C3c3ccccc32)cc1. The Morgan fingerprint density at radius 3 is 1.90 bits per heavy atom. The smallest absolute Gasteiger partial charge is 0.343 e. The Morgan fingerprint density at radius 2 is 1.33 bits per heavy atom. The van der Waals surface area contributed by atoms with E-state index in [-0.39, 0.29) is 18.2 Å². The van der Waals surface area contributed by atoms with Gasteiger partial charge in [-0.25, -0.2) is 4.79 Å². The molecule has 0 fully saturated rings. The van der Waals surface area contributed by atoms with E-state index in [1.165, 1.54) is 12.1 Å². The zero-order valence-corrected chi connectivity index (χ0v) is 27.4. The predicted octanol–water partition coefficient (Wildman–Crippen LogP) is 7.99. The Bertz CT molecular complexity index is 2070. The lowest BCUT2D eigenvalue weighted by atomic mass is 9.53. The van der Waals surface area contributed by atoms with Crippen LogP contribution < -0.4 is 18.9 Å². The number of ether oxygens (including phenoxy) is 4. The number of carbonyl (C=O) groups excluding carboxylic acids is 2. The summed E-state index contributed by atoms with van der Waals surface area (Å²) in [5.74, 6) is 0.380. The van der Waals surface area contributed by atoms with Crippen molar-refractivity contribution in [1.29, 1.82) is 0 Å². The largest absolute Gasteiger partial charge is 0.497 e. The lowest BCUT2D eigenvalue weighted by Gasteiger charge is -2.50. The topological polar surface area (TPSA) is 114 Å². The maximum Gasteiger partial charge on any atom is 0.343 e. The monoisotopic (exact) mass is 655 g/mol. The third kappa shape index (κ3) is 5.27. The van der Waals surface area contributed by atoms with Gasteiger partial charge in [0.05, 0.1) is 28.4 Å². The number of carbonyl (C=O) groups is 2. The fourth-order valence-corrected chi connectivity index (χ4v) is 6.87. The van der Waals surface area contributed by atoms with Gasteiger partial charge in [-0.2, -0.15) is 0 Å². The molecule has 3 aliphatic rings. The summed E-state index contributed by atoms with van der Waals surface area (Å²) in [6, 6.07) is 32.0. The number of hydrogen-bond donors (Lipinski definition) is 0. The summed E-state index contributed by atoms with van der Waals surface area (Å²) in [6.45, 7) is 5.43. The molecule has 0 unspecified atom stereocenters. The van der Waals surface area contributed by atoms with Gasteiger partial charge in [0, 0.05) is 29.2 Å². The van der Waals surface area contributed by atoms with Crippen LogP contribution in [0.3, 0.4) is 0 Å². The number of rotatable bonds is 8. The number of esters is 2. The van der Waals surface area contributed by atoms with E-state index in [1.54, 1.807) is 76.4 Å². The second-order valence-corrected chi connectivity index (χ2v) is 13.2. The number of nitro groups is 1. The first-order valence-electron chi connectivity index (χ1n) is 15.8. The molecule has 0 aromatic heterocycles. The van der Waals surface area contributed by atoms with E-state index in [2.05, 4.69) is 12.1 Å². The summed E-state index contributed by atoms with van der Waals surface area (Å²) >= 11 is 0. The number of methoxy groups -OCH3 is 1. The molecule has 0 spiro atoms. The van der Waals surface area contributed by atoms with Crippen molar-refractivity contribution in [3.63, 3.8) is 0 Å². The first-order valence-corrected chi connectivity index (χ1v) is 15.8. The van der Waals surface area contributed by atoms with E-state index >= 15 is 0 Å². The minimum atomic E-state index is -1.04. The zero-order chi connectivity index (χ0) is 34.5. The maximum absolute atomic E-state index is 13.7. The van der Waals surface area contributed by atoms with Crippen LogP contribution in [0.2, 0.25) is 0 Å². The second-order valence-electron chi connectivity index (χ2n) is 13.2. The van der Waals surface area contributed by atoms with E-state index in [1.807, 2.05) is 36.4 Å². The van der Waals surface area contributed by atoms with Gasteiger partial charge < -0.3 is 18.9 Å². The first kappa shape index (κ1) is 31.6. The van der Waals surface area contributed by atoms with Crippen molar-refractivity contribution < 1.29 is 33.5 Å². The standard InChI is InChI=1S/C40H33NO8/c1-39(2,3)38(43)49-32-21-22-33(48-37(42)24-13-17-26(46-4)18-14-24)36-35(32)34-28-9-5-7-11-30(28)40(36,31-12-8-6-10-29(31)34)23-47-27-19-15-25(16-20-27)41(44)45/h5-22,34H,23H2,1-4H3. The van der Waals surface area contributed by atoms with Gasteiger partial charge in [-0.1, -0.05) is 48.5 Å². The van der Waals surface area contributed by atoms with Crippen molar-refractivity contribution in [2.45, 2.75) is 32.1 Å². The van der Waals surface area contributed by atoms with Crippen LogP contribution in [0.4, 0.5) is 5.69 Å². The van der Waals surface area contributed by atoms with E-state index < -0.39 is 27.7 Å². The van der Waals surface area contributed by atoms with Gasteiger partial charge in [0.2, 0.25) is 0 Å². The molecule has 0 saturated carbocycles. The third-order valence-electron chi connectivity index (χ3n) is 9.19. The Labute approximate surface area is 283 Å². The molecular weight excluding hydrogens is 622 g/mol. The molecule has 9 nitrogen and oxygen atoms in total. The minimum Gasteiger partial charge on any atom is -0.497 e. The van der Waals surface area contributed by atoms with Crippen LogP contribution in [-0.2, 0) is 10.2 Å². The van der Waals surface area contributed by atoms with Gasteiger partial charge in [-0.15, -0.1) is 0 Å². The summed E-state index contributed by atoms with van der Waals surface area (Å²) in [5, 5.41) is 11.3. The van der Waals surface area contributed by atoms with Crippen molar-refractivity contribution in [2.75, 3.05) is 13.7 Å². The average molecular weight is 656 g/mol. The number of hydrogen-bond acceptors (Lipinski definition) is 8. The molecule has 0 heterocycles. The molecule has 5 aromatic rings. The number of nitrogens with zero attached hydrogens (tertiary/aromatic N) is 1. The predicted molar refractivity (Wildman–Crippen MR) is 182 cm³/mol. The van der Waals surface area contributed by atoms with Gasteiger partial charge in [0.25, 0.3) is 5.69 Å². The van der Waals surface area contributed by atoms with Crippen molar-refractivity contribution in [3.8, 4) is 23.0 Å². The Balaban J connectivity index is 1.46. The molecular formula is C40H33NO8. The molecule has 0 amide bonds. The van der Waals surface area contributed by atoms with E-state index in [4.69, 9.17) is 18.9 Å². The molecule has 0 aliphatic heterocycles. The molecule has 0 N–H and O–H groups in total. The normalized spacial score (nSPS) is 16.9. The molecule has 3 aliphatic carbocycles. The summed E-state index contributed by atoms with van der Waals surface area (Å²) in [6.07, 6.45) is 0. The van der Waals surface area contributed by atoms with E-state index in [0.717, 1.165) is 22.3 Å². The van der Waals surface area contributed by atoms with Crippen LogP contribution in [0.5, 0.6) is 23.0 Å². The maximum atomic E-state index is 13.7. The summed E-state index contributed by atoms with van der Waals surface area (Å²) in [7, 11) is 1.55. The fourth-order valence-electron chi connectivity index (χ4n) is 6.87. The fraction of sp³-hybridized carbons (Fsp3) is 0.200. The number of nitro benzene ring substituents is 1. The summed E-state index contributed by atoms with van der Waals surface area (Å²) in [4.78, 5) is 38.0. The van der Waals surface area contributed by atoms with E-state index in [9.17, 15) is 19.7 Å². The molecule has 49 heavy (non-hydrogen) atoms. The van der Waals surface area contributed by atoms with Crippen LogP contribution in [0.15, 0.2) is 109 Å². The highest BCUT2D eigenvalue weighted by atomic mass is 16.6. The van der Waals surface area contributed by atoms with Gasteiger partial charge >= 0.3 is 11.9 Å². The molecule has 9 heteroatoms. The van der Waals surface area contributed by atoms with Crippen molar-refractivity contribution in [3.05, 3.63) is 158 Å². The Kier molecular flexibility index (Phi) is 7.70. The molecule has 0 radical (unpaired) electrons. The van der Waals surface area contributed by atoms with Crippen LogP contribution in [0, 0.1) is 15.5 Å². The zero-order valence-electron chi connectivity index (χ0n) is 27.4. The molecule has 8 rings (SSSR count). The molecule has 2 bridgehead atoms. The van der Waals surface area contributed by atoms with Gasteiger partial charge in [0.1, 0.15) is 29.6 Å². The lowest BCUT2D eigenvalue weighted by Crippen LogP contribution is -2.47. The Morgan fingerprint density at radius 1 is 0.755 bits per heavy atom. The van der Waals surface area contributed by atoms with Crippen LogP contribution in [0.1, 0.15) is 70.4 Å².